The van der Waals surface area contributed by atoms with Crippen molar-refractivity contribution in [3.05, 3.63) is 36.5 Å². The van der Waals surface area contributed by atoms with Crippen molar-refractivity contribution >= 4 is 5.82 Å². The first-order valence-corrected chi connectivity index (χ1v) is 6.88. The van der Waals surface area contributed by atoms with Gasteiger partial charge in [-0.2, -0.15) is 0 Å². The Labute approximate surface area is 110 Å². The highest BCUT2D eigenvalue weighted by Crippen LogP contribution is 2.30. The SMILES string of the molecule is C=CCN(c1cc(CNCCC)ccn1)C1CC1. The Bertz CT molecular complexity index is 385. The van der Waals surface area contributed by atoms with Crippen molar-refractivity contribution in [2.24, 2.45) is 0 Å². The first-order chi connectivity index (χ1) is 8.85. The van der Waals surface area contributed by atoms with Crippen LogP contribution in [0.15, 0.2) is 31.0 Å². The third kappa shape index (κ3) is 3.57. The molecular formula is C15H23N3. The van der Waals surface area contributed by atoms with E-state index in [-0.39, 0.29) is 0 Å². The molecule has 98 valence electrons. The number of nitrogens with zero attached hydrogens (tertiary/aromatic N) is 2. The van der Waals surface area contributed by atoms with Crippen LogP contribution in [-0.4, -0.2) is 24.1 Å². The fraction of sp³-hybridized carbons (Fsp3) is 0.533. The highest BCUT2D eigenvalue weighted by Gasteiger charge is 2.29. The average Bonchev–Trinajstić information content (AvgIpc) is 3.21. The third-order valence-corrected chi connectivity index (χ3v) is 3.17. The third-order valence-electron chi connectivity index (χ3n) is 3.17. The van der Waals surface area contributed by atoms with Crippen molar-refractivity contribution in [2.45, 2.75) is 38.8 Å². The largest absolute Gasteiger partial charge is 0.350 e. The van der Waals surface area contributed by atoms with Gasteiger partial charge in [-0.05, 0) is 43.5 Å². The number of aromatic nitrogens is 1. The number of pyridine rings is 1. The second kappa shape index (κ2) is 6.55. The molecule has 0 aliphatic heterocycles. The lowest BCUT2D eigenvalue weighted by Crippen LogP contribution is -2.26. The van der Waals surface area contributed by atoms with E-state index in [0.717, 1.165) is 25.5 Å². The zero-order valence-electron chi connectivity index (χ0n) is 11.2. The molecule has 0 amide bonds. The number of hydrogen-bond acceptors (Lipinski definition) is 3. The lowest BCUT2D eigenvalue weighted by Gasteiger charge is -2.22. The van der Waals surface area contributed by atoms with Crippen LogP contribution in [0.3, 0.4) is 0 Å². The molecule has 1 saturated carbocycles. The second-order valence-corrected chi connectivity index (χ2v) is 4.87. The lowest BCUT2D eigenvalue weighted by atomic mass is 10.2. The number of anilines is 1. The van der Waals surface area contributed by atoms with Gasteiger partial charge in [0.1, 0.15) is 5.82 Å². The van der Waals surface area contributed by atoms with Crippen LogP contribution in [0.1, 0.15) is 31.7 Å². The van der Waals surface area contributed by atoms with E-state index < -0.39 is 0 Å². The summed E-state index contributed by atoms with van der Waals surface area (Å²) in [5.74, 6) is 1.09. The smallest absolute Gasteiger partial charge is 0.129 e. The normalized spacial score (nSPS) is 14.5. The van der Waals surface area contributed by atoms with Crippen molar-refractivity contribution in [2.75, 3.05) is 18.0 Å². The van der Waals surface area contributed by atoms with Gasteiger partial charge in [0, 0.05) is 25.3 Å². The van der Waals surface area contributed by atoms with Gasteiger partial charge in [0.2, 0.25) is 0 Å². The first kappa shape index (κ1) is 13.1. The fourth-order valence-corrected chi connectivity index (χ4v) is 2.09. The minimum Gasteiger partial charge on any atom is -0.350 e. The van der Waals surface area contributed by atoms with Crippen LogP contribution in [0.4, 0.5) is 5.82 Å². The van der Waals surface area contributed by atoms with Gasteiger partial charge < -0.3 is 10.2 Å². The first-order valence-electron chi connectivity index (χ1n) is 6.88. The van der Waals surface area contributed by atoms with Crippen molar-refractivity contribution in [3.63, 3.8) is 0 Å². The predicted molar refractivity (Wildman–Crippen MR) is 76.8 cm³/mol. The molecule has 1 N–H and O–H groups in total. The summed E-state index contributed by atoms with van der Waals surface area (Å²) in [5.41, 5.74) is 1.31. The highest BCUT2D eigenvalue weighted by atomic mass is 15.2. The van der Waals surface area contributed by atoms with Crippen molar-refractivity contribution in [1.82, 2.24) is 10.3 Å². The van der Waals surface area contributed by atoms with Crippen LogP contribution >= 0.6 is 0 Å². The van der Waals surface area contributed by atoms with E-state index in [1.165, 1.54) is 24.8 Å². The molecule has 1 fully saturated rings. The number of nitrogens with one attached hydrogen (secondary N) is 1. The topological polar surface area (TPSA) is 28.2 Å². The van der Waals surface area contributed by atoms with Crippen molar-refractivity contribution in [3.8, 4) is 0 Å². The summed E-state index contributed by atoms with van der Waals surface area (Å²) in [5, 5.41) is 3.43. The molecule has 1 aliphatic carbocycles. The van der Waals surface area contributed by atoms with Gasteiger partial charge in [-0.1, -0.05) is 13.0 Å². The quantitative estimate of drug-likeness (QED) is 0.564. The summed E-state index contributed by atoms with van der Waals surface area (Å²) in [6.07, 6.45) is 7.61. The van der Waals surface area contributed by atoms with Gasteiger partial charge >= 0.3 is 0 Å². The molecule has 0 spiro atoms. The maximum absolute atomic E-state index is 4.50. The number of rotatable bonds is 8. The van der Waals surface area contributed by atoms with Crippen molar-refractivity contribution < 1.29 is 0 Å². The van der Waals surface area contributed by atoms with Gasteiger partial charge in [-0.15, -0.1) is 6.58 Å². The molecule has 1 aromatic rings. The summed E-state index contributed by atoms with van der Waals surface area (Å²) in [4.78, 5) is 6.86. The summed E-state index contributed by atoms with van der Waals surface area (Å²) in [6.45, 7) is 8.91. The van der Waals surface area contributed by atoms with Gasteiger partial charge in [-0.25, -0.2) is 4.98 Å². The van der Waals surface area contributed by atoms with Gasteiger partial charge in [0.15, 0.2) is 0 Å². The molecule has 3 heteroatoms. The second-order valence-electron chi connectivity index (χ2n) is 4.87. The van der Waals surface area contributed by atoms with E-state index >= 15 is 0 Å². The van der Waals surface area contributed by atoms with Crippen LogP contribution in [0.2, 0.25) is 0 Å². The molecule has 0 aromatic carbocycles. The highest BCUT2D eigenvalue weighted by molar-refractivity contribution is 5.44. The maximum Gasteiger partial charge on any atom is 0.129 e. The predicted octanol–water partition coefficient (Wildman–Crippen LogP) is 2.74. The zero-order valence-corrected chi connectivity index (χ0v) is 11.2. The average molecular weight is 245 g/mol. The summed E-state index contributed by atoms with van der Waals surface area (Å²) < 4.78 is 0. The molecule has 2 rings (SSSR count). The van der Waals surface area contributed by atoms with Crippen molar-refractivity contribution in [1.29, 1.82) is 0 Å². The molecule has 1 heterocycles. The van der Waals surface area contributed by atoms with Crippen LogP contribution in [0, 0.1) is 0 Å². The van der Waals surface area contributed by atoms with E-state index in [9.17, 15) is 0 Å². The molecule has 0 bridgehead atoms. The Morgan fingerprint density at radius 1 is 1.56 bits per heavy atom. The molecule has 0 radical (unpaired) electrons. The Morgan fingerprint density at radius 3 is 3.06 bits per heavy atom. The number of hydrogen-bond donors (Lipinski definition) is 1. The monoisotopic (exact) mass is 245 g/mol. The van der Waals surface area contributed by atoms with Crippen LogP contribution in [-0.2, 0) is 6.54 Å². The fourth-order valence-electron chi connectivity index (χ4n) is 2.09. The van der Waals surface area contributed by atoms with E-state index in [4.69, 9.17) is 0 Å². The minimum absolute atomic E-state index is 0.675. The summed E-state index contributed by atoms with van der Waals surface area (Å²) >= 11 is 0. The van der Waals surface area contributed by atoms with Crippen LogP contribution < -0.4 is 10.2 Å². The maximum atomic E-state index is 4.50. The molecule has 0 saturated heterocycles. The summed E-state index contributed by atoms with van der Waals surface area (Å²) in [7, 11) is 0. The van der Waals surface area contributed by atoms with Crippen LogP contribution in [0.5, 0.6) is 0 Å². The molecule has 1 aliphatic rings. The molecule has 1 aromatic heterocycles. The molecule has 3 nitrogen and oxygen atoms in total. The Kier molecular flexibility index (Phi) is 4.76. The Balaban J connectivity index is 2.02. The lowest BCUT2D eigenvalue weighted by molar-refractivity contribution is 0.674. The molecule has 0 unspecified atom stereocenters. The minimum atomic E-state index is 0.675. The van der Waals surface area contributed by atoms with Crippen LogP contribution in [0.25, 0.3) is 0 Å². The van der Waals surface area contributed by atoms with E-state index in [2.05, 4.69) is 40.8 Å². The zero-order chi connectivity index (χ0) is 12.8. The molecule has 18 heavy (non-hydrogen) atoms. The van der Waals surface area contributed by atoms with E-state index in [0.29, 0.717) is 6.04 Å². The Hall–Kier alpha value is -1.35. The Morgan fingerprint density at radius 2 is 2.39 bits per heavy atom. The molecular weight excluding hydrogens is 222 g/mol. The van der Waals surface area contributed by atoms with Gasteiger partial charge in [0.25, 0.3) is 0 Å². The summed E-state index contributed by atoms with van der Waals surface area (Å²) in [6, 6.07) is 4.96. The van der Waals surface area contributed by atoms with E-state index in [1.807, 2.05) is 12.3 Å². The standard InChI is InChI=1S/C15H23N3/c1-3-8-16-12-13-7-9-17-15(11-13)18(10-4-2)14-5-6-14/h4,7,9,11,14,16H,2-3,5-6,8,10,12H2,1H3. The van der Waals surface area contributed by atoms with E-state index in [1.54, 1.807) is 0 Å². The van der Waals surface area contributed by atoms with Gasteiger partial charge in [-0.3, -0.25) is 0 Å². The molecule has 0 atom stereocenters. The van der Waals surface area contributed by atoms with Gasteiger partial charge in [0.05, 0.1) is 0 Å².